The molecule has 0 aliphatic heterocycles. The lowest BCUT2D eigenvalue weighted by molar-refractivity contribution is -0.141. The molecule has 0 amide bonds. The molecule has 11 heteroatoms. The average molecular weight is 779 g/mol. The number of nitrogens with one attached hydrogen (secondary N) is 1. The number of anilines is 6. The van der Waals surface area contributed by atoms with Crippen molar-refractivity contribution < 1.29 is 22.0 Å². The van der Waals surface area contributed by atoms with Crippen molar-refractivity contribution in [2.75, 3.05) is 9.80 Å². The smallest absolute Gasteiger partial charge is 0.310 e. The summed E-state index contributed by atoms with van der Waals surface area (Å²) in [5.41, 5.74) is 3.73. The molecular weight excluding hydrogens is 744 g/mol. The SMILES string of the molecule is CC(C)(c1cc(N(c2ccccc2)c2ccccc2)cc(-c2cc(C(F)(F)F)[nH]n2)n1)c1cc(N(c2ccccc2)c2ccccc2)cc(-c2ccc(F)cc2F)n1. The average Bonchev–Trinajstić information content (AvgIpc) is 3.75. The number of para-hydroxylation sites is 4. The van der Waals surface area contributed by atoms with Crippen molar-refractivity contribution in [1.82, 2.24) is 20.2 Å². The molecule has 3 aromatic heterocycles. The molecule has 0 radical (unpaired) electrons. The minimum absolute atomic E-state index is 0.0117. The van der Waals surface area contributed by atoms with Gasteiger partial charge in [0.1, 0.15) is 23.0 Å². The van der Waals surface area contributed by atoms with Gasteiger partial charge in [0.05, 0.1) is 34.2 Å². The van der Waals surface area contributed by atoms with Gasteiger partial charge in [0, 0.05) is 39.8 Å². The van der Waals surface area contributed by atoms with Gasteiger partial charge in [0.15, 0.2) is 0 Å². The molecule has 0 bridgehead atoms. The highest BCUT2D eigenvalue weighted by molar-refractivity contribution is 5.81. The fourth-order valence-electron chi connectivity index (χ4n) is 6.83. The quantitative estimate of drug-likeness (QED) is 0.140. The lowest BCUT2D eigenvalue weighted by atomic mass is 9.83. The highest BCUT2D eigenvalue weighted by atomic mass is 19.4. The number of alkyl halides is 3. The maximum Gasteiger partial charge on any atom is 0.432 e. The number of aromatic amines is 1. The van der Waals surface area contributed by atoms with E-state index >= 15 is 4.39 Å². The first-order valence-corrected chi connectivity index (χ1v) is 18.4. The van der Waals surface area contributed by atoms with Crippen LogP contribution in [0.1, 0.15) is 30.9 Å². The Balaban J connectivity index is 1.38. The van der Waals surface area contributed by atoms with Gasteiger partial charge in [-0.05, 0) is 105 Å². The molecule has 0 saturated heterocycles. The molecule has 58 heavy (non-hydrogen) atoms. The highest BCUT2D eigenvalue weighted by Crippen LogP contribution is 2.43. The number of aromatic nitrogens is 4. The predicted octanol–water partition coefficient (Wildman–Crippen LogP) is 13.1. The summed E-state index contributed by atoms with van der Waals surface area (Å²) in [6.45, 7) is 3.80. The van der Waals surface area contributed by atoms with Crippen molar-refractivity contribution in [1.29, 1.82) is 0 Å². The number of halogens is 5. The van der Waals surface area contributed by atoms with E-state index in [1.54, 1.807) is 12.1 Å². The minimum atomic E-state index is -4.66. The van der Waals surface area contributed by atoms with Crippen LogP contribution in [0, 0.1) is 11.6 Å². The van der Waals surface area contributed by atoms with E-state index in [9.17, 15) is 17.6 Å². The normalized spacial score (nSPS) is 11.7. The van der Waals surface area contributed by atoms with E-state index in [-0.39, 0.29) is 22.6 Å². The van der Waals surface area contributed by atoms with Crippen molar-refractivity contribution in [3.05, 3.63) is 199 Å². The molecule has 0 unspecified atom stereocenters. The maximum absolute atomic E-state index is 15.7. The van der Waals surface area contributed by atoms with Crippen LogP contribution >= 0.6 is 0 Å². The number of rotatable bonds is 10. The molecule has 0 saturated carbocycles. The first-order chi connectivity index (χ1) is 28.0. The summed E-state index contributed by atoms with van der Waals surface area (Å²) >= 11 is 0. The first kappa shape index (κ1) is 37.8. The van der Waals surface area contributed by atoms with Crippen LogP contribution < -0.4 is 9.80 Å². The number of hydrogen-bond acceptors (Lipinski definition) is 5. The Morgan fingerprint density at radius 2 is 0.897 bits per heavy atom. The third-order valence-electron chi connectivity index (χ3n) is 9.83. The minimum Gasteiger partial charge on any atom is -0.310 e. The van der Waals surface area contributed by atoms with Crippen LogP contribution in [-0.4, -0.2) is 20.2 Å². The van der Waals surface area contributed by atoms with Gasteiger partial charge in [-0.1, -0.05) is 72.8 Å². The third-order valence-corrected chi connectivity index (χ3v) is 9.83. The van der Waals surface area contributed by atoms with Gasteiger partial charge >= 0.3 is 6.18 Å². The van der Waals surface area contributed by atoms with Crippen LogP contribution in [0.25, 0.3) is 22.6 Å². The standard InChI is InChI=1S/C47H35F5N6/c1-46(2,43-28-36(26-40(53-43)38-24-23-31(48)25-39(38)49)57(32-15-7-3-8-16-32)33-17-9-4-10-18-33)44-29-37(27-41(54-44)42-30-45(56-55-42)47(50,51)52)58(34-19-11-5-12-20-34)35-21-13-6-14-22-35/h3-30H,1-2H3,(H,55,56). The molecule has 288 valence electrons. The molecule has 0 fully saturated rings. The lowest BCUT2D eigenvalue weighted by Gasteiger charge is -2.31. The molecule has 1 N–H and O–H groups in total. The highest BCUT2D eigenvalue weighted by Gasteiger charge is 2.35. The molecule has 8 rings (SSSR count). The fourth-order valence-corrected chi connectivity index (χ4v) is 6.83. The summed E-state index contributed by atoms with van der Waals surface area (Å²) < 4.78 is 71.5. The Morgan fingerprint density at radius 3 is 1.31 bits per heavy atom. The Labute approximate surface area is 331 Å². The summed E-state index contributed by atoms with van der Waals surface area (Å²) in [5.74, 6) is -1.52. The second kappa shape index (κ2) is 15.4. The number of hydrogen-bond donors (Lipinski definition) is 1. The summed E-state index contributed by atoms with van der Waals surface area (Å²) in [5, 5.41) is 6.17. The molecule has 0 atom stereocenters. The summed E-state index contributed by atoms with van der Waals surface area (Å²) in [6, 6.07) is 49.9. The molecule has 0 aliphatic rings. The topological polar surface area (TPSA) is 60.9 Å². The summed E-state index contributed by atoms with van der Waals surface area (Å²) in [4.78, 5) is 14.0. The lowest BCUT2D eigenvalue weighted by Crippen LogP contribution is -2.24. The third kappa shape index (κ3) is 7.66. The second-order valence-corrected chi connectivity index (χ2v) is 14.1. The van der Waals surface area contributed by atoms with Crippen LogP contribution in [-0.2, 0) is 11.6 Å². The first-order valence-electron chi connectivity index (χ1n) is 18.4. The van der Waals surface area contributed by atoms with Gasteiger partial charge in [-0.3, -0.25) is 10.1 Å². The van der Waals surface area contributed by atoms with Crippen molar-refractivity contribution >= 4 is 34.1 Å². The van der Waals surface area contributed by atoms with E-state index in [4.69, 9.17) is 9.97 Å². The van der Waals surface area contributed by atoms with Crippen LogP contribution in [0.2, 0.25) is 0 Å². The Morgan fingerprint density at radius 1 is 0.466 bits per heavy atom. The van der Waals surface area contributed by atoms with Crippen molar-refractivity contribution in [3.63, 3.8) is 0 Å². The Bertz CT molecular complexity index is 2590. The fraction of sp³-hybridized carbons (Fsp3) is 0.0851. The molecule has 3 heterocycles. The van der Waals surface area contributed by atoms with Crippen LogP contribution in [0.15, 0.2) is 170 Å². The van der Waals surface area contributed by atoms with Crippen molar-refractivity contribution in [2.45, 2.75) is 25.4 Å². The maximum atomic E-state index is 15.7. The molecular formula is C47H35F5N6. The Kier molecular flexibility index (Phi) is 10.0. The number of H-pyrrole nitrogens is 1. The zero-order valence-electron chi connectivity index (χ0n) is 31.3. The number of nitrogens with zero attached hydrogens (tertiary/aromatic N) is 5. The van der Waals surface area contributed by atoms with Crippen LogP contribution in [0.5, 0.6) is 0 Å². The number of benzene rings is 5. The van der Waals surface area contributed by atoms with Gasteiger partial charge in [-0.15, -0.1) is 0 Å². The zero-order chi connectivity index (χ0) is 40.4. The van der Waals surface area contributed by atoms with E-state index in [1.165, 1.54) is 12.1 Å². The van der Waals surface area contributed by atoms with Crippen LogP contribution in [0.3, 0.4) is 0 Å². The monoisotopic (exact) mass is 778 g/mol. The van der Waals surface area contributed by atoms with Gasteiger partial charge in [0.25, 0.3) is 0 Å². The molecule has 0 aliphatic carbocycles. The van der Waals surface area contributed by atoms with Crippen molar-refractivity contribution in [2.24, 2.45) is 0 Å². The zero-order valence-corrected chi connectivity index (χ0v) is 31.3. The van der Waals surface area contributed by atoms with Crippen molar-refractivity contribution in [3.8, 4) is 22.6 Å². The molecule has 0 spiro atoms. The molecule has 8 aromatic rings. The van der Waals surface area contributed by atoms with Gasteiger partial charge < -0.3 is 9.80 Å². The molecule has 5 aromatic carbocycles. The van der Waals surface area contributed by atoms with E-state index in [2.05, 4.69) is 10.2 Å². The van der Waals surface area contributed by atoms with E-state index < -0.39 is 28.9 Å². The van der Waals surface area contributed by atoms with E-state index in [0.29, 0.717) is 22.8 Å². The van der Waals surface area contributed by atoms with Crippen LogP contribution in [0.4, 0.5) is 56.1 Å². The predicted molar refractivity (Wildman–Crippen MR) is 218 cm³/mol. The van der Waals surface area contributed by atoms with E-state index in [1.807, 2.05) is 157 Å². The summed E-state index contributed by atoms with van der Waals surface area (Å²) in [7, 11) is 0. The van der Waals surface area contributed by atoms with E-state index in [0.717, 1.165) is 34.9 Å². The second-order valence-electron chi connectivity index (χ2n) is 14.1. The molecule has 6 nitrogen and oxygen atoms in total. The van der Waals surface area contributed by atoms with Gasteiger partial charge in [0.2, 0.25) is 0 Å². The van der Waals surface area contributed by atoms with Gasteiger partial charge in [-0.25, -0.2) is 13.8 Å². The van der Waals surface area contributed by atoms with Gasteiger partial charge in [-0.2, -0.15) is 18.3 Å². The Hall–Kier alpha value is -7.14. The number of pyridine rings is 2. The summed E-state index contributed by atoms with van der Waals surface area (Å²) in [6.07, 6.45) is -4.66. The largest absolute Gasteiger partial charge is 0.432 e.